The number of hydrogen-bond donors (Lipinski definition) is 3. The Morgan fingerprint density at radius 3 is 2.53 bits per heavy atom. The maximum absolute atomic E-state index is 11.7. The first kappa shape index (κ1) is 15.0. The van der Waals surface area contributed by atoms with E-state index in [-0.39, 0.29) is 11.7 Å². The van der Waals surface area contributed by atoms with Gasteiger partial charge in [-0.1, -0.05) is 43.3 Å². The molecule has 104 valence electrons. The lowest BCUT2D eigenvalue weighted by Crippen LogP contribution is -2.26. The molecule has 0 aromatic heterocycles. The summed E-state index contributed by atoms with van der Waals surface area (Å²) in [5.41, 5.74) is 6.99. The molecule has 0 spiro atoms. The third kappa shape index (κ3) is 5.42. The van der Waals surface area contributed by atoms with Gasteiger partial charge in [0, 0.05) is 12.1 Å². The van der Waals surface area contributed by atoms with Crippen molar-refractivity contribution in [1.82, 2.24) is 5.32 Å². The zero-order valence-corrected chi connectivity index (χ0v) is 11.4. The molecule has 5 nitrogen and oxygen atoms in total. The highest BCUT2D eigenvalue weighted by Crippen LogP contribution is 2.05. The maximum Gasteiger partial charge on any atom is 0.224 e. The van der Waals surface area contributed by atoms with Gasteiger partial charge in [0.2, 0.25) is 5.91 Å². The van der Waals surface area contributed by atoms with E-state index in [0.29, 0.717) is 24.4 Å². The number of carbonyl (C=O) groups excluding carboxylic acids is 1. The van der Waals surface area contributed by atoms with Crippen molar-refractivity contribution in [3.63, 3.8) is 0 Å². The molecule has 4 N–H and O–H groups in total. The third-order valence-electron chi connectivity index (χ3n) is 2.77. The smallest absolute Gasteiger partial charge is 0.224 e. The van der Waals surface area contributed by atoms with Crippen LogP contribution < -0.4 is 11.1 Å². The highest BCUT2D eigenvalue weighted by atomic mass is 16.4. The van der Waals surface area contributed by atoms with E-state index in [2.05, 4.69) is 24.3 Å². The number of oxime groups is 1. The average molecular weight is 263 g/mol. The number of amides is 1. The molecule has 0 aliphatic heterocycles. The lowest BCUT2D eigenvalue weighted by atomic mass is 10.1. The Kier molecular flexibility index (Phi) is 5.85. The molecular weight excluding hydrogens is 242 g/mol. The van der Waals surface area contributed by atoms with Gasteiger partial charge in [-0.25, -0.2) is 0 Å². The number of nitrogens with one attached hydrogen (secondary N) is 1. The minimum atomic E-state index is 0.0113. The van der Waals surface area contributed by atoms with Crippen LogP contribution in [0.25, 0.3) is 0 Å². The fourth-order valence-corrected chi connectivity index (χ4v) is 1.60. The van der Waals surface area contributed by atoms with E-state index in [1.54, 1.807) is 24.3 Å². The molecule has 19 heavy (non-hydrogen) atoms. The number of rotatable bonds is 6. The van der Waals surface area contributed by atoms with E-state index < -0.39 is 0 Å². The summed E-state index contributed by atoms with van der Waals surface area (Å²) in [6, 6.07) is 7.06. The van der Waals surface area contributed by atoms with Gasteiger partial charge in [0.1, 0.15) is 0 Å². The first-order chi connectivity index (χ1) is 9.02. The van der Waals surface area contributed by atoms with Gasteiger partial charge in [-0.15, -0.1) is 0 Å². The van der Waals surface area contributed by atoms with Crippen LogP contribution in [0.1, 0.15) is 31.4 Å². The summed E-state index contributed by atoms with van der Waals surface area (Å²) in [5, 5.41) is 14.3. The van der Waals surface area contributed by atoms with E-state index >= 15 is 0 Å². The van der Waals surface area contributed by atoms with Gasteiger partial charge in [0.05, 0.1) is 6.42 Å². The number of carbonyl (C=O) groups is 1. The second kappa shape index (κ2) is 7.41. The molecule has 0 aliphatic rings. The van der Waals surface area contributed by atoms with Crippen LogP contribution in [-0.4, -0.2) is 23.5 Å². The monoisotopic (exact) mass is 263 g/mol. The highest BCUT2D eigenvalue weighted by molar-refractivity contribution is 5.97. The SMILES string of the molecule is CC(C)CCNC(=O)Cc1ccc(C(N)=NO)cc1. The molecule has 5 heteroatoms. The van der Waals surface area contributed by atoms with E-state index in [4.69, 9.17) is 10.9 Å². The van der Waals surface area contributed by atoms with E-state index in [1.807, 2.05) is 0 Å². The molecular formula is C14H21N3O2. The molecule has 0 unspecified atom stereocenters. The van der Waals surface area contributed by atoms with Crippen LogP contribution in [0.5, 0.6) is 0 Å². The summed E-state index contributed by atoms with van der Waals surface area (Å²) in [7, 11) is 0. The molecule has 0 heterocycles. The van der Waals surface area contributed by atoms with Crippen LogP contribution in [0.4, 0.5) is 0 Å². The van der Waals surface area contributed by atoms with Crippen LogP contribution in [0.2, 0.25) is 0 Å². The van der Waals surface area contributed by atoms with Crippen molar-refractivity contribution in [3.8, 4) is 0 Å². The van der Waals surface area contributed by atoms with Gasteiger partial charge in [0.25, 0.3) is 0 Å². The fourth-order valence-electron chi connectivity index (χ4n) is 1.60. The van der Waals surface area contributed by atoms with Gasteiger partial charge in [-0.3, -0.25) is 4.79 Å². The normalized spacial score (nSPS) is 11.6. The number of hydrogen-bond acceptors (Lipinski definition) is 3. The Balaban J connectivity index is 2.47. The lowest BCUT2D eigenvalue weighted by molar-refractivity contribution is -0.120. The summed E-state index contributed by atoms with van der Waals surface area (Å²) in [4.78, 5) is 11.7. The van der Waals surface area contributed by atoms with Crippen molar-refractivity contribution < 1.29 is 10.0 Å². The van der Waals surface area contributed by atoms with Gasteiger partial charge < -0.3 is 16.3 Å². The molecule has 0 bridgehead atoms. The van der Waals surface area contributed by atoms with Crippen molar-refractivity contribution in [2.45, 2.75) is 26.7 Å². The van der Waals surface area contributed by atoms with Crippen molar-refractivity contribution in [2.75, 3.05) is 6.54 Å². The fraction of sp³-hybridized carbons (Fsp3) is 0.429. The molecule has 0 radical (unpaired) electrons. The lowest BCUT2D eigenvalue weighted by Gasteiger charge is -2.07. The van der Waals surface area contributed by atoms with Crippen molar-refractivity contribution in [2.24, 2.45) is 16.8 Å². The Hall–Kier alpha value is -2.04. The Morgan fingerprint density at radius 2 is 2.00 bits per heavy atom. The average Bonchev–Trinajstić information content (AvgIpc) is 2.38. The topological polar surface area (TPSA) is 87.7 Å². The molecule has 1 aromatic carbocycles. The predicted octanol–water partition coefficient (Wildman–Crippen LogP) is 1.49. The summed E-state index contributed by atoms with van der Waals surface area (Å²) >= 11 is 0. The van der Waals surface area contributed by atoms with Crippen LogP contribution in [0.3, 0.4) is 0 Å². The van der Waals surface area contributed by atoms with Crippen LogP contribution in [-0.2, 0) is 11.2 Å². The Bertz CT molecular complexity index is 439. The Labute approximate surface area is 113 Å². The maximum atomic E-state index is 11.7. The van der Waals surface area contributed by atoms with Crippen molar-refractivity contribution in [1.29, 1.82) is 0 Å². The van der Waals surface area contributed by atoms with Gasteiger partial charge in [-0.05, 0) is 17.9 Å². The molecule has 0 atom stereocenters. The number of nitrogens with zero attached hydrogens (tertiary/aromatic N) is 1. The molecule has 0 aliphatic carbocycles. The minimum absolute atomic E-state index is 0.0113. The van der Waals surface area contributed by atoms with Crippen molar-refractivity contribution in [3.05, 3.63) is 35.4 Å². The predicted molar refractivity (Wildman–Crippen MR) is 75.1 cm³/mol. The van der Waals surface area contributed by atoms with Gasteiger partial charge in [-0.2, -0.15) is 0 Å². The first-order valence-corrected chi connectivity index (χ1v) is 6.36. The summed E-state index contributed by atoms with van der Waals surface area (Å²) in [6.07, 6.45) is 1.32. The van der Waals surface area contributed by atoms with E-state index in [0.717, 1.165) is 12.0 Å². The molecule has 0 saturated heterocycles. The van der Waals surface area contributed by atoms with Gasteiger partial charge in [0.15, 0.2) is 5.84 Å². The number of benzene rings is 1. The number of amidine groups is 1. The van der Waals surface area contributed by atoms with Crippen LogP contribution in [0.15, 0.2) is 29.4 Å². The van der Waals surface area contributed by atoms with Crippen LogP contribution in [0, 0.1) is 5.92 Å². The number of nitrogens with two attached hydrogens (primary N) is 1. The molecule has 1 amide bonds. The minimum Gasteiger partial charge on any atom is -0.409 e. The van der Waals surface area contributed by atoms with Crippen LogP contribution >= 0.6 is 0 Å². The first-order valence-electron chi connectivity index (χ1n) is 6.36. The highest BCUT2D eigenvalue weighted by Gasteiger charge is 2.04. The van der Waals surface area contributed by atoms with E-state index in [1.165, 1.54) is 0 Å². The Morgan fingerprint density at radius 1 is 1.37 bits per heavy atom. The third-order valence-corrected chi connectivity index (χ3v) is 2.77. The van der Waals surface area contributed by atoms with E-state index in [9.17, 15) is 4.79 Å². The van der Waals surface area contributed by atoms with Crippen molar-refractivity contribution >= 4 is 11.7 Å². The zero-order chi connectivity index (χ0) is 14.3. The zero-order valence-electron chi connectivity index (χ0n) is 11.4. The molecule has 0 fully saturated rings. The standard InChI is InChI=1S/C14H21N3O2/c1-10(2)7-8-16-13(18)9-11-3-5-12(6-4-11)14(15)17-19/h3-6,10,19H,7-9H2,1-2H3,(H2,15,17)(H,16,18). The quantitative estimate of drug-likeness (QED) is 0.314. The molecule has 0 saturated carbocycles. The van der Waals surface area contributed by atoms with Gasteiger partial charge >= 0.3 is 0 Å². The largest absolute Gasteiger partial charge is 0.409 e. The molecule has 1 rings (SSSR count). The summed E-state index contributed by atoms with van der Waals surface area (Å²) in [5.74, 6) is 0.658. The summed E-state index contributed by atoms with van der Waals surface area (Å²) < 4.78 is 0. The second-order valence-corrected chi connectivity index (χ2v) is 4.89. The second-order valence-electron chi connectivity index (χ2n) is 4.89. The summed E-state index contributed by atoms with van der Waals surface area (Å²) in [6.45, 7) is 4.95. The molecule has 1 aromatic rings.